The van der Waals surface area contributed by atoms with E-state index in [2.05, 4.69) is 44.5 Å². The van der Waals surface area contributed by atoms with Crippen molar-refractivity contribution in [3.8, 4) is 0 Å². The fraction of sp³-hybridized carbons (Fsp3) is 0.765. The Labute approximate surface area is 134 Å². The topological polar surface area (TPSA) is 29.0 Å². The van der Waals surface area contributed by atoms with Gasteiger partial charge in [0.05, 0.1) is 0 Å². The van der Waals surface area contributed by atoms with Crippen molar-refractivity contribution >= 4 is 17.4 Å². The first-order valence-corrected chi connectivity index (χ1v) is 8.45. The third-order valence-corrected chi connectivity index (χ3v) is 4.59. The molecular formula is C17H28ClN3. The van der Waals surface area contributed by atoms with Gasteiger partial charge in [0.15, 0.2) is 0 Å². The van der Waals surface area contributed by atoms with Crippen LogP contribution in [0, 0.1) is 11.8 Å². The molecule has 1 aromatic heterocycles. The maximum absolute atomic E-state index is 6.22. The van der Waals surface area contributed by atoms with Crippen LogP contribution in [0.25, 0.3) is 0 Å². The molecule has 1 saturated heterocycles. The molecule has 2 rings (SSSR count). The lowest BCUT2D eigenvalue weighted by Gasteiger charge is -2.25. The molecule has 0 bridgehead atoms. The van der Waals surface area contributed by atoms with Crippen molar-refractivity contribution in [3.05, 3.63) is 17.0 Å². The molecule has 118 valence electrons. The van der Waals surface area contributed by atoms with Crippen molar-refractivity contribution in [2.75, 3.05) is 18.0 Å². The van der Waals surface area contributed by atoms with E-state index in [4.69, 9.17) is 16.6 Å². The van der Waals surface area contributed by atoms with Gasteiger partial charge in [-0.1, -0.05) is 46.2 Å². The molecule has 0 spiro atoms. The molecule has 1 atom stereocenters. The highest BCUT2D eigenvalue weighted by molar-refractivity contribution is 6.29. The van der Waals surface area contributed by atoms with Gasteiger partial charge in [-0.15, -0.1) is 0 Å². The minimum Gasteiger partial charge on any atom is -0.356 e. The van der Waals surface area contributed by atoms with Crippen LogP contribution in [0.5, 0.6) is 0 Å². The van der Waals surface area contributed by atoms with E-state index in [0.29, 0.717) is 5.15 Å². The van der Waals surface area contributed by atoms with Crippen molar-refractivity contribution in [2.24, 2.45) is 11.8 Å². The van der Waals surface area contributed by atoms with Crippen molar-refractivity contribution in [2.45, 2.75) is 59.3 Å². The average molecular weight is 310 g/mol. The lowest BCUT2D eigenvalue weighted by molar-refractivity contribution is 0.351. The summed E-state index contributed by atoms with van der Waals surface area (Å²) in [6.45, 7) is 13.2. The van der Waals surface area contributed by atoms with Gasteiger partial charge in [0.25, 0.3) is 0 Å². The molecule has 4 heteroatoms. The molecule has 3 nitrogen and oxygen atoms in total. The number of hydrogen-bond acceptors (Lipinski definition) is 3. The van der Waals surface area contributed by atoms with Crippen LogP contribution < -0.4 is 4.90 Å². The SMILES string of the molecule is CC(C)C1CCCN(c2cc(Cl)nc(C(C)(C)C)n2)CC1. The quantitative estimate of drug-likeness (QED) is 0.742. The summed E-state index contributed by atoms with van der Waals surface area (Å²) in [5.74, 6) is 3.41. The summed E-state index contributed by atoms with van der Waals surface area (Å²) >= 11 is 6.22. The molecule has 1 aliphatic rings. The number of halogens is 1. The normalized spacial score (nSPS) is 20.7. The monoisotopic (exact) mass is 309 g/mol. The highest BCUT2D eigenvalue weighted by Gasteiger charge is 2.23. The Balaban J connectivity index is 2.20. The molecule has 21 heavy (non-hydrogen) atoms. The van der Waals surface area contributed by atoms with Crippen LogP contribution in [0.2, 0.25) is 5.15 Å². The van der Waals surface area contributed by atoms with Crippen molar-refractivity contribution in [1.82, 2.24) is 9.97 Å². The maximum atomic E-state index is 6.22. The zero-order valence-electron chi connectivity index (χ0n) is 14.0. The Hall–Kier alpha value is -0.830. The number of anilines is 1. The number of rotatable bonds is 2. The van der Waals surface area contributed by atoms with Crippen LogP contribution in [-0.2, 0) is 5.41 Å². The van der Waals surface area contributed by atoms with Crippen molar-refractivity contribution in [3.63, 3.8) is 0 Å². The second kappa shape index (κ2) is 6.51. The second-order valence-electron chi connectivity index (χ2n) is 7.54. The molecule has 1 fully saturated rings. The number of hydrogen-bond donors (Lipinski definition) is 0. The lowest BCUT2D eigenvalue weighted by Crippen LogP contribution is -2.27. The zero-order chi connectivity index (χ0) is 15.6. The summed E-state index contributed by atoms with van der Waals surface area (Å²) < 4.78 is 0. The van der Waals surface area contributed by atoms with Crippen LogP contribution in [-0.4, -0.2) is 23.1 Å². The van der Waals surface area contributed by atoms with Gasteiger partial charge >= 0.3 is 0 Å². The Morgan fingerprint density at radius 3 is 2.52 bits per heavy atom. The Morgan fingerprint density at radius 1 is 1.19 bits per heavy atom. The molecule has 0 N–H and O–H groups in total. The van der Waals surface area contributed by atoms with E-state index >= 15 is 0 Å². The molecule has 0 aromatic carbocycles. The first kappa shape index (κ1) is 16.5. The predicted molar refractivity (Wildman–Crippen MR) is 90.1 cm³/mol. The summed E-state index contributed by atoms with van der Waals surface area (Å²) in [7, 11) is 0. The van der Waals surface area contributed by atoms with Gasteiger partial charge in [0.1, 0.15) is 16.8 Å². The van der Waals surface area contributed by atoms with Gasteiger partial charge in [-0.25, -0.2) is 9.97 Å². The highest BCUT2D eigenvalue weighted by Crippen LogP contribution is 2.29. The molecule has 0 amide bonds. The van der Waals surface area contributed by atoms with Gasteiger partial charge in [0.2, 0.25) is 0 Å². The van der Waals surface area contributed by atoms with Crippen LogP contribution in [0.4, 0.5) is 5.82 Å². The zero-order valence-corrected chi connectivity index (χ0v) is 14.7. The van der Waals surface area contributed by atoms with E-state index in [1.54, 1.807) is 0 Å². The predicted octanol–water partition coefficient (Wildman–Crippen LogP) is 4.69. The smallest absolute Gasteiger partial charge is 0.137 e. The summed E-state index contributed by atoms with van der Waals surface area (Å²) in [5.41, 5.74) is -0.0774. The first-order valence-electron chi connectivity index (χ1n) is 8.07. The molecule has 1 aliphatic heterocycles. The third kappa shape index (κ3) is 4.32. The van der Waals surface area contributed by atoms with Crippen LogP contribution >= 0.6 is 11.6 Å². The van der Waals surface area contributed by atoms with Gasteiger partial charge in [-0.2, -0.15) is 0 Å². The number of nitrogens with zero attached hydrogens (tertiary/aromatic N) is 3. The molecular weight excluding hydrogens is 282 g/mol. The van der Waals surface area contributed by atoms with E-state index in [-0.39, 0.29) is 5.41 Å². The summed E-state index contributed by atoms with van der Waals surface area (Å²) in [4.78, 5) is 11.5. The Bertz CT molecular complexity index is 479. The van der Waals surface area contributed by atoms with Crippen LogP contribution in [0.3, 0.4) is 0 Å². The second-order valence-corrected chi connectivity index (χ2v) is 7.93. The van der Waals surface area contributed by atoms with Crippen molar-refractivity contribution in [1.29, 1.82) is 0 Å². The lowest BCUT2D eigenvalue weighted by atomic mass is 9.89. The van der Waals surface area contributed by atoms with E-state index in [0.717, 1.165) is 36.6 Å². The van der Waals surface area contributed by atoms with Crippen molar-refractivity contribution < 1.29 is 0 Å². The van der Waals surface area contributed by atoms with Crippen LogP contribution in [0.1, 0.15) is 59.7 Å². The first-order chi connectivity index (χ1) is 9.77. The third-order valence-electron chi connectivity index (χ3n) is 4.39. The van der Waals surface area contributed by atoms with E-state index in [1.165, 1.54) is 19.3 Å². The molecule has 0 saturated carbocycles. The van der Waals surface area contributed by atoms with Gasteiger partial charge in [0, 0.05) is 24.6 Å². The standard InChI is InChI=1S/C17H28ClN3/c1-12(2)13-7-6-9-21(10-8-13)15-11-14(18)19-16(20-15)17(3,4)5/h11-13H,6-10H2,1-5H3. The molecule has 0 radical (unpaired) electrons. The highest BCUT2D eigenvalue weighted by atomic mass is 35.5. The summed E-state index contributed by atoms with van der Waals surface area (Å²) in [5, 5.41) is 0.551. The summed E-state index contributed by atoms with van der Waals surface area (Å²) in [6, 6.07) is 1.91. The fourth-order valence-corrected chi connectivity index (χ4v) is 3.10. The van der Waals surface area contributed by atoms with Gasteiger partial charge < -0.3 is 4.90 Å². The minimum absolute atomic E-state index is 0.0774. The average Bonchev–Trinajstić information content (AvgIpc) is 2.62. The number of aromatic nitrogens is 2. The largest absolute Gasteiger partial charge is 0.356 e. The maximum Gasteiger partial charge on any atom is 0.137 e. The fourth-order valence-electron chi connectivity index (χ4n) is 2.92. The Morgan fingerprint density at radius 2 is 1.90 bits per heavy atom. The molecule has 2 heterocycles. The van der Waals surface area contributed by atoms with E-state index in [9.17, 15) is 0 Å². The summed E-state index contributed by atoms with van der Waals surface area (Å²) in [6.07, 6.45) is 3.79. The van der Waals surface area contributed by atoms with Crippen LogP contribution in [0.15, 0.2) is 6.07 Å². The van der Waals surface area contributed by atoms with E-state index < -0.39 is 0 Å². The molecule has 0 aliphatic carbocycles. The van der Waals surface area contributed by atoms with Gasteiger partial charge in [-0.05, 0) is 31.1 Å². The molecule has 1 unspecified atom stereocenters. The Kier molecular flexibility index (Phi) is 5.13. The molecule has 1 aromatic rings. The minimum atomic E-state index is -0.0774. The van der Waals surface area contributed by atoms with E-state index in [1.807, 2.05) is 6.07 Å². The van der Waals surface area contributed by atoms with Gasteiger partial charge in [-0.3, -0.25) is 0 Å².